The Morgan fingerprint density at radius 2 is 1.95 bits per heavy atom. The van der Waals surface area contributed by atoms with E-state index in [0.29, 0.717) is 19.5 Å². The fourth-order valence-electron chi connectivity index (χ4n) is 2.98. The summed E-state index contributed by atoms with van der Waals surface area (Å²) in [5, 5.41) is 2.89. The lowest BCUT2D eigenvalue weighted by Gasteiger charge is -2.20. The van der Waals surface area contributed by atoms with Crippen LogP contribution in [-0.2, 0) is 16.0 Å². The van der Waals surface area contributed by atoms with Gasteiger partial charge >= 0.3 is 0 Å². The Morgan fingerprint density at radius 3 is 2.68 bits per heavy atom. The first kappa shape index (κ1) is 16.5. The number of nitrogens with one attached hydrogen (secondary N) is 1. The number of amides is 2. The van der Waals surface area contributed by atoms with Crippen molar-refractivity contribution in [1.82, 2.24) is 10.2 Å². The Labute approximate surface area is 132 Å². The van der Waals surface area contributed by atoms with E-state index in [9.17, 15) is 9.59 Å². The second-order valence-corrected chi connectivity index (χ2v) is 5.89. The maximum Gasteiger partial charge on any atom is 0.223 e. The highest BCUT2D eigenvalue weighted by Crippen LogP contribution is 2.18. The van der Waals surface area contributed by atoms with Crippen LogP contribution in [0.25, 0.3) is 0 Å². The van der Waals surface area contributed by atoms with Gasteiger partial charge in [-0.25, -0.2) is 0 Å². The van der Waals surface area contributed by atoms with Crippen molar-refractivity contribution >= 4 is 11.8 Å². The van der Waals surface area contributed by atoms with Crippen LogP contribution in [-0.4, -0.2) is 36.3 Å². The molecule has 4 heteroatoms. The fraction of sp³-hybridized carbons (Fsp3) is 0.556. The van der Waals surface area contributed by atoms with E-state index >= 15 is 0 Å². The van der Waals surface area contributed by atoms with Crippen molar-refractivity contribution < 1.29 is 9.59 Å². The first-order valence-corrected chi connectivity index (χ1v) is 8.30. The van der Waals surface area contributed by atoms with Crippen molar-refractivity contribution in [2.45, 2.75) is 39.0 Å². The number of likely N-dealkylation sites (tertiary alicyclic amines) is 1. The van der Waals surface area contributed by atoms with Crippen molar-refractivity contribution in [2.24, 2.45) is 5.92 Å². The topological polar surface area (TPSA) is 49.4 Å². The standard InChI is InChI=1S/C18H26N2O2/c1-2-19-18(22)16-9-6-13-20(14-12-16)17(21)11-10-15-7-4-3-5-8-15/h3-5,7-8,16H,2,6,9-14H2,1H3,(H,19,22). The molecule has 0 aliphatic carbocycles. The van der Waals surface area contributed by atoms with Crippen LogP contribution >= 0.6 is 0 Å². The van der Waals surface area contributed by atoms with Crippen LogP contribution in [0.15, 0.2) is 30.3 Å². The molecule has 0 radical (unpaired) electrons. The molecule has 1 heterocycles. The van der Waals surface area contributed by atoms with Gasteiger partial charge in [0, 0.05) is 32.0 Å². The molecule has 2 rings (SSSR count). The molecule has 0 bridgehead atoms. The van der Waals surface area contributed by atoms with E-state index in [1.165, 1.54) is 5.56 Å². The van der Waals surface area contributed by atoms with Crippen LogP contribution in [0.4, 0.5) is 0 Å². The summed E-state index contributed by atoms with van der Waals surface area (Å²) in [7, 11) is 0. The number of carbonyl (C=O) groups is 2. The SMILES string of the molecule is CCNC(=O)C1CCCN(C(=O)CCc2ccccc2)CC1. The fourth-order valence-corrected chi connectivity index (χ4v) is 2.98. The molecule has 1 aliphatic heterocycles. The summed E-state index contributed by atoms with van der Waals surface area (Å²) in [6.45, 7) is 4.10. The van der Waals surface area contributed by atoms with E-state index in [0.717, 1.165) is 32.2 Å². The zero-order valence-electron chi connectivity index (χ0n) is 13.4. The van der Waals surface area contributed by atoms with Gasteiger partial charge in [0.15, 0.2) is 0 Å². The third-order valence-electron chi connectivity index (χ3n) is 4.27. The van der Waals surface area contributed by atoms with Gasteiger partial charge in [-0.3, -0.25) is 9.59 Å². The highest BCUT2D eigenvalue weighted by molar-refractivity contribution is 5.79. The second-order valence-electron chi connectivity index (χ2n) is 5.89. The molecule has 22 heavy (non-hydrogen) atoms. The van der Waals surface area contributed by atoms with Crippen LogP contribution < -0.4 is 5.32 Å². The molecular weight excluding hydrogens is 276 g/mol. The molecule has 1 aromatic rings. The smallest absolute Gasteiger partial charge is 0.223 e. The van der Waals surface area contributed by atoms with Crippen LogP contribution in [0, 0.1) is 5.92 Å². The summed E-state index contributed by atoms with van der Waals surface area (Å²) < 4.78 is 0. The Kier molecular flexibility index (Phi) is 6.44. The average Bonchev–Trinajstić information content (AvgIpc) is 2.80. The largest absolute Gasteiger partial charge is 0.356 e. The molecule has 2 amide bonds. The predicted octanol–water partition coefficient (Wildman–Crippen LogP) is 2.38. The van der Waals surface area contributed by atoms with Crippen molar-refractivity contribution in [3.8, 4) is 0 Å². The first-order valence-electron chi connectivity index (χ1n) is 8.30. The molecular formula is C18H26N2O2. The Morgan fingerprint density at radius 1 is 1.18 bits per heavy atom. The maximum atomic E-state index is 12.4. The van der Waals surface area contributed by atoms with Gasteiger partial charge < -0.3 is 10.2 Å². The minimum Gasteiger partial charge on any atom is -0.356 e. The molecule has 1 aliphatic rings. The summed E-state index contributed by atoms with van der Waals surface area (Å²) in [5.74, 6) is 0.411. The molecule has 120 valence electrons. The van der Waals surface area contributed by atoms with Crippen molar-refractivity contribution in [2.75, 3.05) is 19.6 Å². The number of nitrogens with zero attached hydrogens (tertiary/aromatic N) is 1. The molecule has 0 spiro atoms. The number of hydrogen-bond acceptors (Lipinski definition) is 2. The molecule has 1 atom stereocenters. The van der Waals surface area contributed by atoms with Crippen LogP contribution in [0.3, 0.4) is 0 Å². The molecule has 1 N–H and O–H groups in total. The van der Waals surface area contributed by atoms with E-state index in [4.69, 9.17) is 0 Å². The second kappa shape index (κ2) is 8.57. The predicted molar refractivity (Wildman–Crippen MR) is 87.4 cm³/mol. The van der Waals surface area contributed by atoms with Gasteiger partial charge in [-0.05, 0) is 38.2 Å². The van der Waals surface area contributed by atoms with Crippen molar-refractivity contribution in [1.29, 1.82) is 0 Å². The minimum absolute atomic E-state index is 0.0619. The number of benzene rings is 1. The summed E-state index contributed by atoms with van der Waals surface area (Å²) >= 11 is 0. The quantitative estimate of drug-likeness (QED) is 0.908. The van der Waals surface area contributed by atoms with Crippen LogP contribution in [0.2, 0.25) is 0 Å². The van der Waals surface area contributed by atoms with Gasteiger partial charge in [-0.1, -0.05) is 30.3 Å². The average molecular weight is 302 g/mol. The number of rotatable bonds is 5. The summed E-state index contributed by atoms with van der Waals surface area (Å²) in [6.07, 6.45) is 3.92. The lowest BCUT2D eigenvalue weighted by atomic mass is 10.00. The Balaban J connectivity index is 1.80. The van der Waals surface area contributed by atoms with Crippen molar-refractivity contribution in [3.63, 3.8) is 0 Å². The van der Waals surface area contributed by atoms with Gasteiger partial charge in [0.1, 0.15) is 0 Å². The van der Waals surface area contributed by atoms with Gasteiger partial charge in [0.25, 0.3) is 0 Å². The molecule has 1 unspecified atom stereocenters. The monoisotopic (exact) mass is 302 g/mol. The first-order chi connectivity index (χ1) is 10.7. The van der Waals surface area contributed by atoms with E-state index in [1.807, 2.05) is 30.0 Å². The summed E-state index contributed by atoms with van der Waals surface area (Å²) in [6, 6.07) is 10.1. The Bertz CT molecular complexity index is 487. The number of carbonyl (C=O) groups excluding carboxylic acids is 2. The maximum absolute atomic E-state index is 12.4. The lowest BCUT2D eigenvalue weighted by molar-refractivity contribution is -0.131. The van der Waals surface area contributed by atoms with Crippen LogP contribution in [0.1, 0.15) is 38.2 Å². The normalized spacial score (nSPS) is 18.6. The van der Waals surface area contributed by atoms with Crippen molar-refractivity contribution in [3.05, 3.63) is 35.9 Å². The molecule has 1 aromatic carbocycles. The summed E-state index contributed by atoms with van der Waals surface area (Å²) in [4.78, 5) is 26.2. The molecule has 0 saturated carbocycles. The highest BCUT2D eigenvalue weighted by atomic mass is 16.2. The van der Waals surface area contributed by atoms with Gasteiger partial charge in [0.05, 0.1) is 0 Å². The van der Waals surface area contributed by atoms with E-state index in [2.05, 4.69) is 17.4 Å². The molecule has 1 fully saturated rings. The molecule has 0 aromatic heterocycles. The summed E-state index contributed by atoms with van der Waals surface area (Å²) in [5.41, 5.74) is 1.20. The minimum atomic E-state index is 0.0619. The third-order valence-corrected chi connectivity index (χ3v) is 4.27. The van der Waals surface area contributed by atoms with Gasteiger partial charge in [-0.2, -0.15) is 0 Å². The van der Waals surface area contributed by atoms with E-state index in [1.54, 1.807) is 0 Å². The van der Waals surface area contributed by atoms with Gasteiger partial charge in [0.2, 0.25) is 11.8 Å². The Hall–Kier alpha value is -1.84. The van der Waals surface area contributed by atoms with E-state index < -0.39 is 0 Å². The zero-order chi connectivity index (χ0) is 15.8. The highest BCUT2D eigenvalue weighted by Gasteiger charge is 2.24. The zero-order valence-corrected chi connectivity index (χ0v) is 13.4. The number of hydrogen-bond donors (Lipinski definition) is 1. The van der Waals surface area contributed by atoms with Crippen LogP contribution in [0.5, 0.6) is 0 Å². The third kappa shape index (κ3) is 4.86. The molecule has 4 nitrogen and oxygen atoms in total. The number of aryl methyl sites for hydroxylation is 1. The van der Waals surface area contributed by atoms with E-state index in [-0.39, 0.29) is 17.7 Å². The molecule has 1 saturated heterocycles. The van der Waals surface area contributed by atoms with Gasteiger partial charge in [-0.15, -0.1) is 0 Å². The lowest BCUT2D eigenvalue weighted by Crippen LogP contribution is -2.34.